The third-order valence-electron chi connectivity index (χ3n) is 3.24. The Kier molecular flexibility index (Phi) is 4.08. The monoisotopic (exact) mass is 273 g/mol. The van der Waals surface area contributed by atoms with Gasteiger partial charge in [-0.25, -0.2) is 9.78 Å². The number of esters is 1. The Labute approximate surface area is 118 Å². The van der Waals surface area contributed by atoms with Crippen LogP contribution in [0.1, 0.15) is 34.4 Å². The van der Waals surface area contributed by atoms with Crippen molar-refractivity contribution in [2.75, 3.05) is 12.8 Å². The molecular weight excluding hydrogens is 254 g/mol. The number of nitrogens with two attached hydrogens (primary N) is 1. The smallest absolute Gasteiger partial charge is 0.360 e. The number of imidazole rings is 1. The molecule has 106 valence electrons. The van der Waals surface area contributed by atoms with Gasteiger partial charge in [-0.05, 0) is 12.5 Å². The fraction of sp³-hybridized carbons (Fsp3) is 0.333. The molecule has 1 aromatic carbocycles. The van der Waals surface area contributed by atoms with Crippen molar-refractivity contribution in [2.24, 2.45) is 0 Å². The van der Waals surface area contributed by atoms with Gasteiger partial charge in [0.25, 0.3) is 0 Å². The van der Waals surface area contributed by atoms with Crippen molar-refractivity contribution in [3.05, 3.63) is 46.9 Å². The minimum absolute atomic E-state index is 0.191. The Hall–Kier alpha value is -2.30. The standard InChI is InChI=1S/C15H19N3O2/c1-4-12-17-13(15(19)20-3)14(16)18(12)9-11-7-5-10(2)6-8-11/h5-8H,4,9,16H2,1-3H3. The van der Waals surface area contributed by atoms with Crippen LogP contribution in [0.3, 0.4) is 0 Å². The summed E-state index contributed by atoms with van der Waals surface area (Å²) in [4.78, 5) is 15.9. The van der Waals surface area contributed by atoms with E-state index in [1.165, 1.54) is 12.7 Å². The first-order valence-corrected chi connectivity index (χ1v) is 6.55. The van der Waals surface area contributed by atoms with Crippen molar-refractivity contribution in [1.29, 1.82) is 0 Å². The van der Waals surface area contributed by atoms with Gasteiger partial charge in [0.1, 0.15) is 11.6 Å². The van der Waals surface area contributed by atoms with E-state index in [-0.39, 0.29) is 5.69 Å². The lowest BCUT2D eigenvalue weighted by Crippen LogP contribution is -2.10. The second kappa shape index (κ2) is 5.77. The van der Waals surface area contributed by atoms with Crippen LogP contribution >= 0.6 is 0 Å². The van der Waals surface area contributed by atoms with E-state index in [1.807, 2.05) is 30.5 Å². The van der Waals surface area contributed by atoms with Gasteiger partial charge in [-0.15, -0.1) is 0 Å². The van der Waals surface area contributed by atoms with E-state index < -0.39 is 5.97 Å². The molecule has 0 spiro atoms. The van der Waals surface area contributed by atoms with Gasteiger partial charge < -0.3 is 15.0 Å². The lowest BCUT2D eigenvalue weighted by molar-refractivity contribution is 0.0595. The molecule has 20 heavy (non-hydrogen) atoms. The highest BCUT2D eigenvalue weighted by Crippen LogP contribution is 2.18. The predicted molar refractivity (Wildman–Crippen MR) is 77.6 cm³/mol. The van der Waals surface area contributed by atoms with Crippen LogP contribution in [0.5, 0.6) is 0 Å². The zero-order chi connectivity index (χ0) is 14.7. The van der Waals surface area contributed by atoms with Crippen LogP contribution in [0.25, 0.3) is 0 Å². The number of nitrogen functional groups attached to an aromatic ring is 1. The van der Waals surface area contributed by atoms with Gasteiger partial charge in [0.15, 0.2) is 5.69 Å². The van der Waals surface area contributed by atoms with Crippen LogP contribution in [0.15, 0.2) is 24.3 Å². The summed E-state index contributed by atoms with van der Waals surface area (Å²) in [6.45, 7) is 4.62. The van der Waals surface area contributed by atoms with Gasteiger partial charge in [0.05, 0.1) is 13.7 Å². The van der Waals surface area contributed by atoms with Gasteiger partial charge in [0.2, 0.25) is 0 Å². The molecule has 5 heteroatoms. The van der Waals surface area contributed by atoms with E-state index >= 15 is 0 Å². The number of aromatic nitrogens is 2. The lowest BCUT2D eigenvalue weighted by atomic mass is 10.1. The average molecular weight is 273 g/mol. The van der Waals surface area contributed by atoms with E-state index in [2.05, 4.69) is 17.1 Å². The molecule has 0 aliphatic carbocycles. The molecule has 2 aromatic rings. The number of benzene rings is 1. The lowest BCUT2D eigenvalue weighted by Gasteiger charge is -2.09. The fourth-order valence-corrected chi connectivity index (χ4v) is 2.08. The Morgan fingerprint density at radius 2 is 2.00 bits per heavy atom. The summed E-state index contributed by atoms with van der Waals surface area (Å²) in [6.07, 6.45) is 0.701. The van der Waals surface area contributed by atoms with E-state index in [9.17, 15) is 4.79 Å². The first-order valence-electron chi connectivity index (χ1n) is 6.55. The van der Waals surface area contributed by atoms with Gasteiger partial charge in [-0.1, -0.05) is 36.8 Å². The van der Waals surface area contributed by atoms with Crippen molar-refractivity contribution < 1.29 is 9.53 Å². The van der Waals surface area contributed by atoms with Crippen LogP contribution in [0, 0.1) is 6.92 Å². The fourth-order valence-electron chi connectivity index (χ4n) is 2.08. The Morgan fingerprint density at radius 1 is 1.35 bits per heavy atom. The molecule has 0 aliphatic rings. The summed E-state index contributed by atoms with van der Waals surface area (Å²) in [5.41, 5.74) is 8.55. The molecule has 0 fully saturated rings. The van der Waals surface area contributed by atoms with E-state index in [4.69, 9.17) is 10.5 Å². The largest absolute Gasteiger partial charge is 0.464 e. The maximum absolute atomic E-state index is 11.6. The molecule has 0 atom stereocenters. The Balaban J connectivity index is 2.37. The normalized spacial score (nSPS) is 10.6. The number of carbonyl (C=O) groups is 1. The molecule has 0 unspecified atom stereocenters. The van der Waals surface area contributed by atoms with Crippen molar-refractivity contribution >= 4 is 11.8 Å². The summed E-state index contributed by atoms with van der Waals surface area (Å²) < 4.78 is 6.56. The van der Waals surface area contributed by atoms with E-state index in [0.717, 1.165) is 11.4 Å². The molecule has 0 bridgehead atoms. The van der Waals surface area contributed by atoms with E-state index in [1.54, 1.807) is 0 Å². The van der Waals surface area contributed by atoms with Gasteiger partial charge in [-0.3, -0.25) is 0 Å². The SMILES string of the molecule is CCc1nc(C(=O)OC)c(N)n1Cc1ccc(C)cc1. The zero-order valence-corrected chi connectivity index (χ0v) is 12.0. The number of hydrogen-bond acceptors (Lipinski definition) is 4. The number of aryl methyl sites for hydroxylation is 2. The quantitative estimate of drug-likeness (QED) is 0.867. The number of rotatable bonds is 4. The predicted octanol–water partition coefficient (Wildman–Crippen LogP) is 2.17. The third-order valence-corrected chi connectivity index (χ3v) is 3.24. The highest BCUT2D eigenvalue weighted by molar-refractivity contribution is 5.92. The molecule has 1 aromatic heterocycles. The molecule has 0 saturated heterocycles. The van der Waals surface area contributed by atoms with Gasteiger partial charge in [0, 0.05) is 6.42 Å². The number of nitrogens with zero attached hydrogens (tertiary/aromatic N) is 2. The minimum Gasteiger partial charge on any atom is -0.464 e. The molecule has 2 N–H and O–H groups in total. The zero-order valence-electron chi connectivity index (χ0n) is 12.0. The molecule has 5 nitrogen and oxygen atoms in total. The molecule has 0 aliphatic heterocycles. The third kappa shape index (κ3) is 2.66. The molecule has 1 heterocycles. The van der Waals surface area contributed by atoms with Crippen LogP contribution in [-0.2, 0) is 17.7 Å². The first kappa shape index (κ1) is 14.1. The van der Waals surface area contributed by atoms with Crippen molar-refractivity contribution in [1.82, 2.24) is 9.55 Å². The van der Waals surface area contributed by atoms with Crippen LogP contribution in [0.2, 0.25) is 0 Å². The summed E-state index contributed by atoms with van der Waals surface area (Å²) in [5.74, 6) is 0.637. The minimum atomic E-state index is -0.500. The number of ether oxygens (including phenoxy) is 1. The topological polar surface area (TPSA) is 70.1 Å². The number of hydrogen-bond donors (Lipinski definition) is 1. The van der Waals surface area contributed by atoms with E-state index in [0.29, 0.717) is 18.8 Å². The molecule has 0 radical (unpaired) electrons. The number of methoxy groups -OCH3 is 1. The summed E-state index contributed by atoms with van der Waals surface area (Å²) >= 11 is 0. The van der Waals surface area contributed by atoms with Crippen molar-refractivity contribution in [3.8, 4) is 0 Å². The van der Waals surface area contributed by atoms with Crippen molar-refractivity contribution in [2.45, 2.75) is 26.8 Å². The van der Waals surface area contributed by atoms with Crippen molar-refractivity contribution in [3.63, 3.8) is 0 Å². The number of carbonyl (C=O) groups excluding carboxylic acids is 1. The molecule has 2 rings (SSSR count). The summed E-state index contributed by atoms with van der Waals surface area (Å²) in [7, 11) is 1.33. The Bertz CT molecular complexity index is 615. The van der Waals surface area contributed by atoms with Gasteiger partial charge in [-0.2, -0.15) is 0 Å². The summed E-state index contributed by atoms with van der Waals surface area (Å²) in [6, 6.07) is 8.20. The van der Waals surface area contributed by atoms with Crippen LogP contribution < -0.4 is 5.73 Å². The Morgan fingerprint density at radius 3 is 2.55 bits per heavy atom. The first-order chi connectivity index (χ1) is 9.56. The molecule has 0 amide bonds. The maximum atomic E-state index is 11.6. The van der Waals surface area contributed by atoms with Crippen LogP contribution in [-0.4, -0.2) is 22.6 Å². The highest BCUT2D eigenvalue weighted by atomic mass is 16.5. The molecular formula is C15H19N3O2. The van der Waals surface area contributed by atoms with Crippen LogP contribution in [0.4, 0.5) is 5.82 Å². The molecule has 0 saturated carbocycles. The average Bonchev–Trinajstić information content (AvgIpc) is 2.77. The second-order valence-corrected chi connectivity index (χ2v) is 4.68. The van der Waals surface area contributed by atoms with Gasteiger partial charge >= 0.3 is 5.97 Å². The highest BCUT2D eigenvalue weighted by Gasteiger charge is 2.20. The number of anilines is 1. The maximum Gasteiger partial charge on any atom is 0.360 e. The second-order valence-electron chi connectivity index (χ2n) is 4.68. The summed E-state index contributed by atoms with van der Waals surface area (Å²) in [5, 5.41) is 0.